The highest BCUT2D eigenvalue weighted by molar-refractivity contribution is 5.80. The van der Waals surface area contributed by atoms with E-state index in [2.05, 4.69) is 33.8 Å². The van der Waals surface area contributed by atoms with Gasteiger partial charge in [0.1, 0.15) is 17.8 Å². The van der Waals surface area contributed by atoms with Gasteiger partial charge >= 0.3 is 0 Å². The Labute approximate surface area is 168 Å². The van der Waals surface area contributed by atoms with Crippen LogP contribution in [0.4, 0.5) is 0 Å². The molecule has 0 heterocycles. The fraction of sp³-hybridized carbons (Fsp3) is 0.400. The number of benzene rings is 2. The maximum Gasteiger partial charge on any atom is 0.150 e. The summed E-state index contributed by atoms with van der Waals surface area (Å²) in [5.74, 6) is 1.72. The first kappa shape index (κ1) is 20.2. The molecule has 0 fully saturated rings. The first-order valence-corrected chi connectivity index (χ1v) is 9.77. The quantitative estimate of drug-likeness (QED) is 0.470. The molecule has 28 heavy (non-hydrogen) atoms. The Hall–Kier alpha value is -2.55. The minimum atomic E-state index is 0.0384. The molecule has 3 nitrogen and oxygen atoms in total. The lowest BCUT2D eigenvalue weighted by Gasteiger charge is -2.43. The second kappa shape index (κ2) is 7.46. The second-order valence-corrected chi connectivity index (χ2v) is 8.83. The number of hydrogen-bond acceptors (Lipinski definition) is 3. The van der Waals surface area contributed by atoms with Crippen molar-refractivity contribution in [2.45, 2.75) is 51.4 Å². The zero-order chi connectivity index (χ0) is 20.5. The van der Waals surface area contributed by atoms with Crippen molar-refractivity contribution < 1.29 is 14.3 Å². The maximum absolute atomic E-state index is 10.9. The van der Waals surface area contributed by atoms with Crippen molar-refractivity contribution in [1.29, 1.82) is 0 Å². The van der Waals surface area contributed by atoms with Crippen molar-refractivity contribution in [3.05, 3.63) is 58.1 Å². The van der Waals surface area contributed by atoms with Gasteiger partial charge in [0.2, 0.25) is 0 Å². The summed E-state index contributed by atoms with van der Waals surface area (Å²) in [6.07, 6.45) is 7.18. The molecule has 0 radical (unpaired) electrons. The normalized spacial score (nSPS) is 17.2. The minimum absolute atomic E-state index is 0.0384. The number of hydrogen-bond donors (Lipinski definition) is 0. The van der Waals surface area contributed by atoms with Gasteiger partial charge in [-0.3, -0.25) is 4.79 Å². The molecular formula is C25H30O3. The third-order valence-electron chi connectivity index (χ3n) is 6.00. The molecule has 0 atom stereocenters. The second-order valence-electron chi connectivity index (χ2n) is 8.83. The number of carbonyl (C=O) groups is 1. The van der Waals surface area contributed by atoms with Gasteiger partial charge in [-0.05, 0) is 46.9 Å². The van der Waals surface area contributed by atoms with Crippen LogP contribution in [0.5, 0.6) is 11.5 Å². The Morgan fingerprint density at radius 3 is 2.04 bits per heavy atom. The predicted molar refractivity (Wildman–Crippen MR) is 116 cm³/mol. The minimum Gasteiger partial charge on any atom is -0.496 e. The van der Waals surface area contributed by atoms with Crippen molar-refractivity contribution in [2.75, 3.05) is 14.2 Å². The van der Waals surface area contributed by atoms with Gasteiger partial charge in [0.15, 0.2) is 0 Å². The fourth-order valence-corrected chi connectivity index (χ4v) is 4.14. The summed E-state index contributed by atoms with van der Waals surface area (Å²) in [5, 5.41) is 0. The van der Waals surface area contributed by atoms with Crippen molar-refractivity contribution >= 4 is 18.4 Å². The van der Waals surface area contributed by atoms with Gasteiger partial charge < -0.3 is 9.47 Å². The zero-order valence-electron chi connectivity index (χ0n) is 17.8. The molecule has 2 aromatic carbocycles. The van der Waals surface area contributed by atoms with Crippen LogP contribution < -0.4 is 9.47 Å². The topological polar surface area (TPSA) is 35.5 Å². The molecule has 0 saturated heterocycles. The van der Waals surface area contributed by atoms with E-state index in [1.165, 1.54) is 11.1 Å². The van der Waals surface area contributed by atoms with E-state index < -0.39 is 0 Å². The highest BCUT2D eigenvalue weighted by atomic mass is 16.5. The molecule has 3 heteroatoms. The van der Waals surface area contributed by atoms with Crippen LogP contribution in [-0.4, -0.2) is 20.5 Å². The third kappa shape index (κ3) is 3.58. The molecule has 0 bridgehead atoms. The number of ether oxygens (including phenoxy) is 2. The summed E-state index contributed by atoms with van der Waals surface area (Å²) >= 11 is 0. The monoisotopic (exact) mass is 378 g/mol. The van der Waals surface area contributed by atoms with Gasteiger partial charge in [0, 0.05) is 11.1 Å². The van der Waals surface area contributed by atoms with E-state index in [1.807, 2.05) is 36.4 Å². The molecule has 2 aromatic rings. The van der Waals surface area contributed by atoms with Crippen LogP contribution >= 0.6 is 0 Å². The van der Waals surface area contributed by atoms with Crippen molar-refractivity contribution in [3.63, 3.8) is 0 Å². The molecule has 0 spiro atoms. The van der Waals surface area contributed by atoms with E-state index in [0.717, 1.165) is 41.8 Å². The van der Waals surface area contributed by atoms with E-state index in [4.69, 9.17) is 9.47 Å². The van der Waals surface area contributed by atoms with E-state index in [9.17, 15) is 4.79 Å². The van der Waals surface area contributed by atoms with Crippen LogP contribution in [0.25, 0.3) is 12.2 Å². The van der Waals surface area contributed by atoms with Crippen LogP contribution in [-0.2, 0) is 10.8 Å². The molecule has 0 aliphatic heterocycles. The maximum atomic E-state index is 10.9. The summed E-state index contributed by atoms with van der Waals surface area (Å²) in [5.41, 5.74) is 5.36. The number of aldehydes is 1. The smallest absolute Gasteiger partial charge is 0.150 e. The van der Waals surface area contributed by atoms with E-state index in [0.29, 0.717) is 5.56 Å². The number of fused-ring (bicyclic) bond motifs is 1. The lowest BCUT2D eigenvalue weighted by atomic mass is 9.62. The Kier molecular flexibility index (Phi) is 5.38. The number of rotatable bonds is 5. The molecule has 0 aromatic heterocycles. The zero-order valence-corrected chi connectivity index (χ0v) is 17.8. The third-order valence-corrected chi connectivity index (χ3v) is 6.00. The standard InChI is InChI=1S/C25H30O3/c1-24(2)13-14-25(3,4)22-20(24)15-21(27-5)19(23(22)28-6)12-11-17-7-9-18(16-26)10-8-17/h7-12,15-16H,13-14H2,1-6H3/b12-11+. The summed E-state index contributed by atoms with van der Waals surface area (Å²) in [4.78, 5) is 10.9. The first-order valence-electron chi connectivity index (χ1n) is 9.77. The van der Waals surface area contributed by atoms with Gasteiger partial charge in [0.25, 0.3) is 0 Å². The van der Waals surface area contributed by atoms with Crippen molar-refractivity contribution in [1.82, 2.24) is 0 Å². The summed E-state index contributed by atoms with van der Waals surface area (Å²) in [7, 11) is 3.45. The van der Waals surface area contributed by atoms with Gasteiger partial charge in [0.05, 0.1) is 19.8 Å². The molecule has 1 aliphatic carbocycles. The first-order chi connectivity index (χ1) is 13.2. The molecule has 1 aliphatic rings. The summed E-state index contributed by atoms with van der Waals surface area (Å²) in [6.45, 7) is 9.18. The number of methoxy groups -OCH3 is 2. The SMILES string of the molecule is COc1cc2c(c(OC)c1/C=C/c1ccc(C=O)cc1)C(C)(C)CCC2(C)C. The lowest BCUT2D eigenvalue weighted by Crippen LogP contribution is -2.34. The average Bonchev–Trinajstić information content (AvgIpc) is 2.69. The Bertz CT molecular complexity index is 902. The van der Waals surface area contributed by atoms with Gasteiger partial charge in [-0.15, -0.1) is 0 Å². The van der Waals surface area contributed by atoms with Crippen LogP contribution in [0.1, 0.15) is 73.1 Å². The highest BCUT2D eigenvalue weighted by Gasteiger charge is 2.40. The summed E-state index contributed by atoms with van der Waals surface area (Å²) < 4.78 is 11.7. The Balaban J connectivity index is 2.17. The molecule has 0 unspecified atom stereocenters. The lowest BCUT2D eigenvalue weighted by molar-refractivity contribution is 0.112. The van der Waals surface area contributed by atoms with Crippen molar-refractivity contribution in [2.24, 2.45) is 0 Å². The van der Waals surface area contributed by atoms with E-state index in [-0.39, 0.29) is 10.8 Å². The molecule has 0 amide bonds. The fourth-order valence-electron chi connectivity index (χ4n) is 4.14. The van der Waals surface area contributed by atoms with Gasteiger partial charge in [-0.25, -0.2) is 0 Å². The molecule has 148 valence electrons. The van der Waals surface area contributed by atoms with Crippen LogP contribution in [0.2, 0.25) is 0 Å². The molecule has 0 N–H and O–H groups in total. The van der Waals surface area contributed by atoms with Crippen LogP contribution in [0, 0.1) is 0 Å². The molecule has 0 saturated carbocycles. The van der Waals surface area contributed by atoms with E-state index in [1.54, 1.807) is 14.2 Å². The van der Waals surface area contributed by atoms with Crippen LogP contribution in [0.3, 0.4) is 0 Å². The van der Waals surface area contributed by atoms with Crippen LogP contribution in [0.15, 0.2) is 30.3 Å². The predicted octanol–water partition coefficient (Wildman–Crippen LogP) is 6.04. The largest absolute Gasteiger partial charge is 0.496 e. The van der Waals surface area contributed by atoms with E-state index >= 15 is 0 Å². The Morgan fingerprint density at radius 2 is 1.46 bits per heavy atom. The van der Waals surface area contributed by atoms with Gasteiger partial charge in [-0.1, -0.05) is 58.0 Å². The Morgan fingerprint density at radius 1 is 0.857 bits per heavy atom. The molecular weight excluding hydrogens is 348 g/mol. The van der Waals surface area contributed by atoms with Crippen molar-refractivity contribution in [3.8, 4) is 11.5 Å². The summed E-state index contributed by atoms with van der Waals surface area (Å²) in [6, 6.07) is 9.70. The highest BCUT2D eigenvalue weighted by Crippen LogP contribution is 2.52. The number of carbonyl (C=O) groups excluding carboxylic acids is 1. The average molecular weight is 379 g/mol. The molecule has 3 rings (SSSR count). The van der Waals surface area contributed by atoms with Gasteiger partial charge in [-0.2, -0.15) is 0 Å².